The topological polar surface area (TPSA) is 175 Å². The molecule has 0 aromatic carbocycles. The van der Waals surface area contributed by atoms with Gasteiger partial charge in [-0.05, 0) is 141 Å². The Morgan fingerprint density at radius 3 is 2.01 bits per heavy atom. The number of nitrogens with zero attached hydrogens (tertiary/aromatic N) is 2. The van der Waals surface area contributed by atoms with Crippen LogP contribution in [0.25, 0.3) is 0 Å². The molecule has 0 amide bonds. The van der Waals surface area contributed by atoms with Crippen molar-refractivity contribution in [2.75, 3.05) is 27.8 Å². The zero-order chi connectivity index (χ0) is 55.2. The molecule has 1 saturated carbocycles. The molecule has 2 N–H and O–H groups in total. The van der Waals surface area contributed by atoms with Crippen molar-refractivity contribution in [1.29, 1.82) is 0 Å². The van der Waals surface area contributed by atoms with E-state index < -0.39 is 118 Å². The molecule has 0 spiro atoms. The number of hydrogen-bond acceptors (Lipinski definition) is 16. The van der Waals surface area contributed by atoms with Crippen molar-refractivity contribution in [2.45, 2.75) is 276 Å². The summed E-state index contributed by atoms with van der Waals surface area (Å²) in [6.07, 6.45) is -0.430. The second-order valence-electron chi connectivity index (χ2n) is 25.3. The quantitative estimate of drug-likeness (QED) is 0.0436. The first kappa shape index (κ1) is 64.2. The van der Waals surface area contributed by atoms with Crippen LogP contribution in [0.2, 0.25) is 39.3 Å². The summed E-state index contributed by atoms with van der Waals surface area (Å²) < 4.78 is 68.6. The van der Waals surface area contributed by atoms with Crippen molar-refractivity contribution in [3.8, 4) is 0 Å². The molecule has 4 rings (SSSR count). The molecular weight excluding hydrogens is 969 g/mol. The third kappa shape index (κ3) is 16.6. The summed E-state index contributed by atoms with van der Waals surface area (Å²) >= 11 is 0. The van der Waals surface area contributed by atoms with Crippen LogP contribution < -0.4 is 0 Å². The van der Waals surface area contributed by atoms with Crippen molar-refractivity contribution >= 4 is 28.3 Å². The van der Waals surface area contributed by atoms with Crippen molar-refractivity contribution in [2.24, 2.45) is 28.8 Å². The first-order chi connectivity index (χ1) is 33.7. The highest BCUT2D eigenvalue weighted by molar-refractivity contribution is 6.70. The van der Waals surface area contributed by atoms with Crippen LogP contribution in [-0.4, -0.2) is 167 Å². The number of rotatable bonds is 18. The van der Waals surface area contributed by atoms with Gasteiger partial charge in [-0.25, -0.2) is 0 Å². The molecule has 0 radical (unpaired) electrons. The smallest absolute Gasteiger partial charge is 0.311 e. The van der Waals surface area contributed by atoms with E-state index in [0.717, 1.165) is 25.7 Å². The van der Waals surface area contributed by atoms with Crippen molar-refractivity contribution in [3.05, 3.63) is 12.7 Å². The molecule has 1 aliphatic carbocycles. The van der Waals surface area contributed by atoms with E-state index in [4.69, 9.17) is 56.7 Å². The molecule has 3 saturated heterocycles. The largest absolute Gasteiger partial charge is 0.459 e. The molecule has 73 heavy (non-hydrogen) atoms. The highest BCUT2D eigenvalue weighted by Gasteiger charge is 2.55. The van der Waals surface area contributed by atoms with E-state index >= 15 is 4.79 Å². The number of cyclic esters (lactones) is 1. The van der Waals surface area contributed by atoms with Gasteiger partial charge in [0.2, 0.25) is 5.79 Å². The van der Waals surface area contributed by atoms with E-state index in [2.05, 4.69) is 71.8 Å². The lowest BCUT2D eigenvalue weighted by Crippen LogP contribution is -2.63. The van der Waals surface area contributed by atoms with E-state index in [0.29, 0.717) is 25.0 Å². The minimum absolute atomic E-state index is 0.0539. The summed E-state index contributed by atoms with van der Waals surface area (Å²) in [7, 11) is 1.49. The fourth-order valence-electron chi connectivity index (χ4n) is 12.0. The number of carbonyl (C=O) groups excluding carboxylic acids is 1. The Morgan fingerprint density at radius 2 is 1.48 bits per heavy atom. The SMILES string of the molecule is C=CCO[C@@]1(C)C[C@@H](C)/C(=N\OC2(OC(C)C)CCCCC2)[C@H](C)[C@@H](O)[C@](C)(O)[C@@H](CC)OC(=O)[C@H](C)[C@@H](OC2C[C@@](C)(OC)[C@@H](O[Si](C)(C)C)[C@H](C)O2)[C@H](C)[C@H]1O[C@@H]1O[C@H](C)C[C@H](N(C)C)[C@H]1O[Si](C)(C)C. The number of methoxy groups -OCH3 is 1. The van der Waals surface area contributed by atoms with Gasteiger partial charge in [-0.1, -0.05) is 45.3 Å². The van der Waals surface area contributed by atoms with Crippen LogP contribution in [-0.2, 0) is 56.4 Å². The lowest BCUT2D eigenvalue weighted by Gasteiger charge is -2.52. The first-order valence-corrected chi connectivity index (χ1v) is 34.5. The number of likely N-dealkylation sites (N-methyl/N-ethyl adjacent to an activating group) is 1. The van der Waals surface area contributed by atoms with Gasteiger partial charge >= 0.3 is 5.97 Å². The summed E-state index contributed by atoms with van der Waals surface area (Å²) in [5.74, 6) is -4.51. The lowest BCUT2D eigenvalue weighted by molar-refractivity contribution is -0.317. The van der Waals surface area contributed by atoms with Gasteiger partial charge in [-0.15, -0.1) is 6.58 Å². The molecule has 1 unspecified atom stereocenters. The number of aliphatic hydroxyl groups is 2. The van der Waals surface area contributed by atoms with Gasteiger partial charge in [0.25, 0.3) is 0 Å². The van der Waals surface area contributed by atoms with Gasteiger partial charge in [-0.3, -0.25) is 4.79 Å². The molecule has 0 aromatic heterocycles. The van der Waals surface area contributed by atoms with Gasteiger partial charge in [-0.2, -0.15) is 0 Å². The fourth-order valence-corrected chi connectivity index (χ4v) is 14.2. The molecule has 18 heteroatoms. The molecule has 426 valence electrons. The average molecular weight is 1070 g/mol. The van der Waals surface area contributed by atoms with Gasteiger partial charge < -0.3 is 66.7 Å². The third-order valence-electron chi connectivity index (χ3n) is 15.7. The summed E-state index contributed by atoms with van der Waals surface area (Å²) in [5.41, 5.74) is -3.49. The van der Waals surface area contributed by atoms with Gasteiger partial charge in [0.05, 0.1) is 72.2 Å². The normalized spacial score (nSPS) is 41.4. The van der Waals surface area contributed by atoms with Crippen molar-refractivity contribution in [1.82, 2.24) is 4.90 Å². The average Bonchev–Trinajstić information content (AvgIpc) is 3.28. The Labute approximate surface area is 443 Å². The van der Waals surface area contributed by atoms with Crippen LogP contribution in [0, 0.1) is 23.7 Å². The predicted molar refractivity (Wildman–Crippen MR) is 290 cm³/mol. The molecule has 3 heterocycles. The summed E-state index contributed by atoms with van der Waals surface area (Å²) in [6.45, 7) is 40.2. The van der Waals surface area contributed by atoms with Crippen LogP contribution >= 0.6 is 0 Å². The maximum absolute atomic E-state index is 15.0. The van der Waals surface area contributed by atoms with E-state index in [1.165, 1.54) is 6.92 Å². The number of oxime groups is 1. The predicted octanol–water partition coefficient (Wildman–Crippen LogP) is 9.60. The van der Waals surface area contributed by atoms with Crippen LogP contribution in [0.15, 0.2) is 17.8 Å². The maximum Gasteiger partial charge on any atom is 0.311 e. The molecule has 16 nitrogen and oxygen atoms in total. The third-order valence-corrected chi connectivity index (χ3v) is 17.6. The van der Waals surface area contributed by atoms with Crippen LogP contribution in [0.5, 0.6) is 0 Å². The summed E-state index contributed by atoms with van der Waals surface area (Å²) in [6, 6.07) is -0.0539. The monoisotopic (exact) mass is 1070 g/mol. The molecule has 4 aliphatic rings. The Morgan fingerprint density at radius 1 is 0.863 bits per heavy atom. The fraction of sp³-hybridized carbons (Fsp3) is 0.927. The van der Waals surface area contributed by atoms with Gasteiger partial charge in [0, 0.05) is 50.2 Å². The van der Waals surface area contributed by atoms with Gasteiger partial charge in [0.1, 0.15) is 17.8 Å². The Hall–Kier alpha value is -1.37. The summed E-state index contributed by atoms with van der Waals surface area (Å²) in [5, 5.41) is 30.0. The number of aliphatic hydroxyl groups excluding tert-OH is 1. The van der Waals surface area contributed by atoms with E-state index in [1.807, 2.05) is 62.3 Å². The molecule has 0 bridgehead atoms. The molecule has 4 fully saturated rings. The Bertz CT molecular complexity index is 1770. The second kappa shape index (κ2) is 26.1. The van der Waals surface area contributed by atoms with Crippen LogP contribution in [0.1, 0.15) is 141 Å². The molecule has 0 aromatic rings. The van der Waals surface area contributed by atoms with E-state index in [-0.39, 0.29) is 43.8 Å². The number of ether oxygens (including phenoxy) is 8. The second-order valence-corrected chi connectivity index (χ2v) is 34.2. The van der Waals surface area contributed by atoms with Crippen molar-refractivity contribution < 1.29 is 66.6 Å². The summed E-state index contributed by atoms with van der Waals surface area (Å²) in [4.78, 5) is 23.9. The number of esters is 1. The molecule has 3 aliphatic heterocycles. The number of carbonyl (C=O) groups is 1. The van der Waals surface area contributed by atoms with Crippen LogP contribution in [0.3, 0.4) is 0 Å². The molecule has 18 atom stereocenters. The highest BCUT2D eigenvalue weighted by Crippen LogP contribution is 2.44. The van der Waals surface area contributed by atoms with E-state index in [1.54, 1.807) is 20.1 Å². The van der Waals surface area contributed by atoms with E-state index in [9.17, 15) is 10.2 Å². The standard InChI is InChI=1S/C55H104N2O14Si2/c1-23-30-62-53(12)32-35(5)44(56-71-55(68-34(3)4)28-26-25-27-29-55)37(7)47(58)54(13,60)42(24-2)65-50(59)39(9)45(66-43-33-52(11,61-16)49(40(10)64-43)70-73(20,21)22)38(8)48(53)67-51-46(69-72(17,18)19)41(57(14)15)31-36(6)63-51/h23,34-43,45-49,51,58,60H,1,24-33H2,2-22H3/b56-44+/t35-,36-,37+,38+,39-,40+,41+,42-,43?,45+,46-,47-,48-,49+,51+,52-,53+,54-/m1/s1. The lowest BCUT2D eigenvalue weighted by atomic mass is 9.73. The van der Waals surface area contributed by atoms with Gasteiger partial charge in [0.15, 0.2) is 29.2 Å². The highest BCUT2D eigenvalue weighted by atomic mass is 28.4. The van der Waals surface area contributed by atoms with Crippen LogP contribution in [0.4, 0.5) is 0 Å². The Balaban J connectivity index is 2.04. The maximum atomic E-state index is 15.0. The first-order valence-electron chi connectivity index (χ1n) is 27.7. The zero-order valence-corrected chi connectivity index (χ0v) is 51.3. The zero-order valence-electron chi connectivity index (χ0n) is 49.3. The van der Waals surface area contributed by atoms with Crippen molar-refractivity contribution in [3.63, 3.8) is 0 Å². The molecular formula is C55H104N2O14Si2. The number of hydrogen-bond donors (Lipinski definition) is 2. The minimum Gasteiger partial charge on any atom is -0.459 e. The minimum atomic E-state index is -2.23. The Kier molecular flexibility index (Phi) is 22.9.